The van der Waals surface area contributed by atoms with Crippen LogP contribution in [0.4, 0.5) is 0 Å². The highest BCUT2D eigenvalue weighted by molar-refractivity contribution is 7.89. The van der Waals surface area contributed by atoms with Crippen molar-refractivity contribution >= 4 is 39.0 Å². The lowest BCUT2D eigenvalue weighted by molar-refractivity contribution is 0.103. The van der Waals surface area contributed by atoms with Gasteiger partial charge in [0.1, 0.15) is 5.56 Å². The van der Waals surface area contributed by atoms with Crippen molar-refractivity contribution in [3.63, 3.8) is 0 Å². The quantitative estimate of drug-likeness (QED) is 0.487. The van der Waals surface area contributed by atoms with E-state index in [2.05, 4.69) is 9.82 Å². The fraction of sp³-hybridized carbons (Fsp3) is 0.375. The van der Waals surface area contributed by atoms with Crippen LogP contribution in [-0.2, 0) is 16.6 Å². The van der Waals surface area contributed by atoms with Crippen molar-refractivity contribution in [3.05, 3.63) is 39.5 Å². The second kappa shape index (κ2) is 8.47. The van der Waals surface area contributed by atoms with Gasteiger partial charge in [-0.15, -0.1) is 0 Å². The minimum absolute atomic E-state index is 0.0215. The van der Waals surface area contributed by atoms with Gasteiger partial charge in [0, 0.05) is 12.1 Å². The Morgan fingerprint density at radius 3 is 2.56 bits per heavy atom. The molecule has 1 aromatic carbocycles. The Morgan fingerprint density at radius 2 is 2.00 bits per heavy atom. The normalized spacial score (nSPS) is 12.8. The Balaban J connectivity index is 2.37. The van der Waals surface area contributed by atoms with Crippen LogP contribution in [0.25, 0.3) is 0 Å². The zero-order valence-corrected chi connectivity index (χ0v) is 17.2. The Kier molecular flexibility index (Phi) is 6.74. The summed E-state index contributed by atoms with van der Waals surface area (Å²) >= 11 is 12.4. The molecule has 2 rings (SSSR count). The highest BCUT2D eigenvalue weighted by Crippen LogP contribution is 2.37. The lowest BCUT2D eigenvalue weighted by atomic mass is 10.1. The van der Waals surface area contributed by atoms with E-state index in [0.717, 1.165) is 0 Å². The van der Waals surface area contributed by atoms with Crippen LogP contribution in [0.5, 0.6) is 11.6 Å². The van der Waals surface area contributed by atoms with Crippen molar-refractivity contribution in [1.29, 1.82) is 0 Å². The van der Waals surface area contributed by atoms with Crippen molar-refractivity contribution in [2.24, 2.45) is 0 Å². The maximum absolute atomic E-state index is 12.7. The first-order valence-corrected chi connectivity index (χ1v) is 10.5. The number of ketones is 1. The van der Waals surface area contributed by atoms with Crippen molar-refractivity contribution < 1.29 is 23.1 Å². The van der Waals surface area contributed by atoms with Gasteiger partial charge in [0.2, 0.25) is 21.7 Å². The first-order valence-electron chi connectivity index (χ1n) is 8.05. The van der Waals surface area contributed by atoms with Crippen molar-refractivity contribution in [2.45, 2.75) is 33.5 Å². The van der Waals surface area contributed by atoms with Crippen LogP contribution in [0.15, 0.2) is 18.3 Å². The zero-order chi connectivity index (χ0) is 20.4. The minimum Gasteiger partial charge on any atom is -0.493 e. The molecule has 1 heterocycles. The molecule has 0 spiro atoms. The maximum atomic E-state index is 12.7. The van der Waals surface area contributed by atoms with Gasteiger partial charge >= 0.3 is 0 Å². The number of nitrogens with one attached hydrogen (secondary N) is 1. The molecule has 0 saturated carbocycles. The SMILES string of the molecule is CCn1ncc(C(=O)c2ccc(Cl)c(OC(C)NS(=O)(=O)CC)c2Cl)c1O. The van der Waals surface area contributed by atoms with E-state index < -0.39 is 22.0 Å². The number of sulfonamides is 1. The Labute approximate surface area is 167 Å². The number of benzene rings is 1. The van der Waals surface area contributed by atoms with E-state index in [1.54, 1.807) is 6.92 Å². The van der Waals surface area contributed by atoms with Crippen molar-refractivity contribution in [1.82, 2.24) is 14.5 Å². The molecule has 0 aliphatic heterocycles. The molecule has 0 amide bonds. The van der Waals surface area contributed by atoms with Gasteiger partial charge in [-0.2, -0.15) is 9.82 Å². The number of halogens is 2. The van der Waals surface area contributed by atoms with E-state index in [9.17, 15) is 18.3 Å². The first kappa shape index (κ1) is 21.5. The number of aromatic nitrogens is 2. The smallest absolute Gasteiger partial charge is 0.220 e. The van der Waals surface area contributed by atoms with Gasteiger partial charge in [0.25, 0.3) is 0 Å². The van der Waals surface area contributed by atoms with Gasteiger partial charge in [-0.3, -0.25) is 4.79 Å². The molecule has 1 aromatic heterocycles. The summed E-state index contributed by atoms with van der Waals surface area (Å²) in [4.78, 5) is 12.7. The van der Waals surface area contributed by atoms with Crippen LogP contribution in [-0.4, -0.2) is 41.1 Å². The van der Waals surface area contributed by atoms with Gasteiger partial charge < -0.3 is 9.84 Å². The predicted molar refractivity (Wildman–Crippen MR) is 102 cm³/mol. The fourth-order valence-electron chi connectivity index (χ4n) is 2.27. The minimum atomic E-state index is -3.51. The Morgan fingerprint density at radius 1 is 1.33 bits per heavy atom. The fourth-order valence-corrected chi connectivity index (χ4v) is 3.53. The van der Waals surface area contributed by atoms with E-state index >= 15 is 0 Å². The van der Waals surface area contributed by atoms with Gasteiger partial charge in [0.05, 0.1) is 22.0 Å². The van der Waals surface area contributed by atoms with Gasteiger partial charge in [-0.1, -0.05) is 23.2 Å². The summed E-state index contributed by atoms with van der Waals surface area (Å²) in [5.74, 6) is -1.01. The molecule has 0 radical (unpaired) electrons. The van der Waals surface area contributed by atoms with E-state index in [1.165, 1.54) is 36.9 Å². The van der Waals surface area contributed by atoms with Crippen LogP contribution >= 0.6 is 23.2 Å². The zero-order valence-electron chi connectivity index (χ0n) is 14.9. The number of hydrogen-bond donors (Lipinski definition) is 2. The predicted octanol–water partition coefficient (Wildman–Crippen LogP) is 2.81. The first-order chi connectivity index (χ1) is 12.6. The molecule has 1 atom stereocenters. The van der Waals surface area contributed by atoms with E-state index in [0.29, 0.717) is 6.54 Å². The molecule has 8 nitrogen and oxygen atoms in total. The summed E-state index contributed by atoms with van der Waals surface area (Å²) in [6, 6.07) is 2.79. The third-order valence-corrected chi connectivity index (χ3v) is 5.79. The number of nitrogens with zero attached hydrogens (tertiary/aromatic N) is 2. The highest BCUT2D eigenvalue weighted by atomic mass is 35.5. The topological polar surface area (TPSA) is 111 Å². The summed E-state index contributed by atoms with van der Waals surface area (Å²) in [5, 5.41) is 14.0. The van der Waals surface area contributed by atoms with Crippen LogP contribution in [0, 0.1) is 0 Å². The van der Waals surface area contributed by atoms with Crippen LogP contribution < -0.4 is 9.46 Å². The molecular formula is C16H19Cl2N3O5S. The molecule has 2 aromatic rings. The Bertz CT molecular complexity index is 959. The second-order valence-corrected chi connectivity index (χ2v) is 8.37. The van der Waals surface area contributed by atoms with E-state index in [-0.39, 0.29) is 38.6 Å². The van der Waals surface area contributed by atoms with Gasteiger partial charge in [-0.05, 0) is 32.9 Å². The largest absolute Gasteiger partial charge is 0.493 e. The molecule has 0 bridgehead atoms. The van der Waals surface area contributed by atoms with Crippen LogP contribution in [0.1, 0.15) is 36.7 Å². The second-order valence-electron chi connectivity index (χ2n) is 5.55. The summed E-state index contributed by atoms with van der Waals surface area (Å²) in [5.41, 5.74) is 0.0133. The van der Waals surface area contributed by atoms with Crippen LogP contribution in [0.3, 0.4) is 0 Å². The summed E-state index contributed by atoms with van der Waals surface area (Å²) in [7, 11) is -3.51. The number of carbonyl (C=O) groups is 1. The summed E-state index contributed by atoms with van der Waals surface area (Å²) < 4.78 is 32.4. The Hall–Kier alpha value is -1.81. The van der Waals surface area contributed by atoms with Gasteiger partial charge in [0.15, 0.2) is 12.0 Å². The van der Waals surface area contributed by atoms with Gasteiger partial charge in [-0.25, -0.2) is 13.1 Å². The molecule has 0 aliphatic rings. The third kappa shape index (κ3) is 4.73. The lowest BCUT2D eigenvalue weighted by Crippen LogP contribution is -2.37. The molecule has 2 N–H and O–H groups in total. The number of aryl methyl sites for hydroxylation is 1. The van der Waals surface area contributed by atoms with E-state index in [4.69, 9.17) is 27.9 Å². The van der Waals surface area contributed by atoms with Crippen molar-refractivity contribution in [2.75, 3.05) is 5.75 Å². The number of carbonyl (C=O) groups excluding carboxylic acids is 1. The monoisotopic (exact) mass is 435 g/mol. The average molecular weight is 436 g/mol. The third-order valence-electron chi connectivity index (χ3n) is 3.67. The summed E-state index contributed by atoms with van der Waals surface area (Å²) in [6.07, 6.45) is 0.275. The summed E-state index contributed by atoms with van der Waals surface area (Å²) in [6.45, 7) is 5.10. The lowest BCUT2D eigenvalue weighted by Gasteiger charge is -2.18. The molecule has 148 valence electrons. The maximum Gasteiger partial charge on any atom is 0.220 e. The number of ether oxygens (including phenoxy) is 1. The van der Waals surface area contributed by atoms with E-state index in [1.807, 2.05) is 0 Å². The van der Waals surface area contributed by atoms with Crippen molar-refractivity contribution in [3.8, 4) is 11.6 Å². The number of rotatable bonds is 8. The number of aromatic hydroxyl groups is 1. The molecule has 27 heavy (non-hydrogen) atoms. The average Bonchev–Trinajstić information content (AvgIpc) is 2.98. The highest BCUT2D eigenvalue weighted by Gasteiger charge is 2.24. The molecule has 0 aliphatic carbocycles. The molecule has 11 heteroatoms. The molecule has 0 fully saturated rings. The van der Waals surface area contributed by atoms with Crippen LogP contribution in [0.2, 0.25) is 10.0 Å². The molecular weight excluding hydrogens is 417 g/mol. The molecule has 0 saturated heterocycles. The molecule has 1 unspecified atom stereocenters. The number of hydrogen-bond acceptors (Lipinski definition) is 6. The standard InChI is InChI=1S/C16H19Cl2N3O5S/c1-4-21-16(23)11(8-19-21)14(22)10-6-7-12(17)15(13(10)18)26-9(3)20-27(24,25)5-2/h6-9,20,23H,4-5H2,1-3H3.